The number of piperidine rings is 1. The van der Waals surface area contributed by atoms with Crippen LogP contribution in [0, 0.1) is 11.3 Å². The van der Waals surface area contributed by atoms with Crippen LogP contribution in [0.25, 0.3) is 11.2 Å². The van der Waals surface area contributed by atoms with Gasteiger partial charge in [0.1, 0.15) is 5.52 Å². The van der Waals surface area contributed by atoms with Crippen LogP contribution in [0.1, 0.15) is 64.4 Å². The lowest BCUT2D eigenvalue weighted by atomic mass is 10.1. The van der Waals surface area contributed by atoms with Gasteiger partial charge >= 0.3 is 0 Å². The van der Waals surface area contributed by atoms with Crippen LogP contribution in [0.3, 0.4) is 0 Å². The molecule has 0 unspecified atom stereocenters. The van der Waals surface area contributed by atoms with E-state index in [1.54, 1.807) is 36.5 Å². The number of anilines is 1. The summed E-state index contributed by atoms with van der Waals surface area (Å²) in [5, 5.41) is 12.0. The second-order valence-corrected chi connectivity index (χ2v) is 8.10. The Morgan fingerprint density at radius 2 is 1.90 bits per heavy atom. The molecule has 1 saturated heterocycles. The fourth-order valence-corrected chi connectivity index (χ4v) is 4.05. The second kappa shape index (κ2) is 7.84. The molecule has 2 aliphatic rings. The number of carbonyl (C=O) groups excluding carboxylic acids is 2. The van der Waals surface area contributed by atoms with Crippen molar-refractivity contribution in [2.45, 2.75) is 38.1 Å². The molecule has 5 rings (SSSR count). The Labute approximate surface area is 179 Å². The number of aromatic nitrogens is 3. The van der Waals surface area contributed by atoms with Crippen molar-refractivity contribution in [3.05, 3.63) is 53.2 Å². The third kappa shape index (κ3) is 3.75. The van der Waals surface area contributed by atoms with Gasteiger partial charge in [0.2, 0.25) is 5.95 Å². The highest BCUT2D eigenvalue weighted by Gasteiger charge is 2.30. The van der Waals surface area contributed by atoms with E-state index in [0.29, 0.717) is 33.8 Å². The summed E-state index contributed by atoms with van der Waals surface area (Å²) in [7, 11) is 0. The maximum atomic E-state index is 12.9. The molecular formula is C23H22N6O2. The average molecular weight is 414 g/mol. The first-order valence-corrected chi connectivity index (χ1v) is 10.6. The van der Waals surface area contributed by atoms with E-state index in [4.69, 9.17) is 5.26 Å². The zero-order valence-corrected chi connectivity index (χ0v) is 17.0. The normalized spacial score (nSPS) is 16.2. The number of nitriles is 1. The van der Waals surface area contributed by atoms with Crippen LogP contribution >= 0.6 is 0 Å². The van der Waals surface area contributed by atoms with E-state index in [-0.39, 0.29) is 17.9 Å². The molecule has 1 saturated carbocycles. The lowest BCUT2D eigenvalue weighted by molar-refractivity contribution is 0.0724. The lowest BCUT2D eigenvalue weighted by Crippen LogP contribution is -2.35. The number of likely N-dealkylation sites (tertiary alicyclic amines) is 1. The van der Waals surface area contributed by atoms with Crippen molar-refractivity contribution in [3.8, 4) is 6.07 Å². The van der Waals surface area contributed by atoms with Gasteiger partial charge in [-0.2, -0.15) is 5.26 Å². The summed E-state index contributed by atoms with van der Waals surface area (Å²) >= 11 is 0. The lowest BCUT2D eigenvalue weighted by Gasteiger charge is -2.26. The summed E-state index contributed by atoms with van der Waals surface area (Å²) < 4.78 is 1.94. The number of carbonyl (C=O) groups is 2. The zero-order valence-electron chi connectivity index (χ0n) is 17.0. The van der Waals surface area contributed by atoms with E-state index >= 15 is 0 Å². The zero-order chi connectivity index (χ0) is 21.4. The SMILES string of the molecule is N#Cc1cccc(C(=O)Nc2nc3cc(C(=O)N4CCCCC4)cnc3n2C2CC2)c1. The number of benzene rings is 1. The molecule has 156 valence electrons. The van der Waals surface area contributed by atoms with Gasteiger partial charge in [-0.15, -0.1) is 0 Å². The minimum absolute atomic E-state index is 0.0195. The molecule has 0 bridgehead atoms. The Kier molecular flexibility index (Phi) is 4.86. The van der Waals surface area contributed by atoms with Gasteiger partial charge in [-0.3, -0.25) is 19.5 Å². The van der Waals surface area contributed by atoms with Gasteiger partial charge in [0.25, 0.3) is 11.8 Å². The van der Waals surface area contributed by atoms with Crippen molar-refractivity contribution in [3.63, 3.8) is 0 Å². The number of hydrogen-bond acceptors (Lipinski definition) is 5. The first kappa shape index (κ1) is 19.2. The molecule has 8 heteroatoms. The Morgan fingerprint density at radius 3 is 2.65 bits per heavy atom. The summed E-state index contributed by atoms with van der Waals surface area (Å²) in [6.45, 7) is 1.55. The molecule has 0 spiro atoms. The smallest absolute Gasteiger partial charge is 0.258 e. The summed E-state index contributed by atoms with van der Waals surface area (Å²) in [4.78, 5) is 36.7. The van der Waals surface area contributed by atoms with Gasteiger partial charge < -0.3 is 4.90 Å². The van der Waals surface area contributed by atoms with Crippen LogP contribution in [-0.2, 0) is 0 Å². The summed E-state index contributed by atoms with van der Waals surface area (Å²) in [6, 6.07) is 10.6. The largest absolute Gasteiger partial charge is 0.339 e. The topological polar surface area (TPSA) is 104 Å². The average Bonchev–Trinajstić information content (AvgIpc) is 3.59. The molecular weight excluding hydrogens is 392 g/mol. The second-order valence-electron chi connectivity index (χ2n) is 8.10. The van der Waals surface area contributed by atoms with Crippen LogP contribution in [0.15, 0.2) is 36.5 Å². The number of nitrogens with zero attached hydrogens (tertiary/aromatic N) is 5. The molecule has 3 aromatic rings. The molecule has 0 atom stereocenters. The summed E-state index contributed by atoms with van der Waals surface area (Å²) in [5.74, 6) is 0.0628. The molecule has 0 radical (unpaired) electrons. The molecule has 1 aromatic carbocycles. The van der Waals surface area contributed by atoms with Crippen LogP contribution in [0.2, 0.25) is 0 Å². The van der Waals surface area contributed by atoms with Crippen LogP contribution in [0.5, 0.6) is 0 Å². The highest BCUT2D eigenvalue weighted by atomic mass is 16.2. The van der Waals surface area contributed by atoms with Gasteiger partial charge in [0.15, 0.2) is 5.65 Å². The van der Waals surface area contributed by atoms with E-state index in [0.717, 1.165) is 45.2 Å². The first-order valence-electron chi connectivity index (χ1n) is 10.6. The molecule has 1 aliphatic carbocycles. The molecule has 2 amide bonds. The van der Waals surface area contributed by atoms with Crippen molar-refractivity contribution >= 4 is 28.9 Å². The predicted octanol–water partition coefficient (Wildman–Crippen LogP) is 3.52. The van der Waals surface area contributed by atoms with Crippen molar-refractivity contribution in [2.75, 3.05) is 18.4 Å². The highest BCUT2D eigenvalue weighted by Crippen LogP contribution is 2.40. The van der Waals surface area contributed by atoms with E-state index in [2.05, 4.69) is 15.3 Å². The molecule has 8 nitrogen and oxygen atoms in total. The van der Waals surface area contributed by atoms with E-state index in [1.165, 1.54) is 0 Å². The summed E-state index contributed by atoms with van der Waals surface area (Å²) in [5.41, 5.74) is 2.59. The Hall–Kier alpha value is -3.73. The predicted molar refractivity (Wildman–Crippen MR) is 115 cm³/mol. The number of hydrogen-bond donors (Lipinski definition) is 1. The molecule has 2 fully saturated rings. The monoisotopic (exact) mass is 414 g/mol. The third-order valence-corrected chi connectivity index (χ3v) is 5.81. The van der Waals surface area contributed by atoms with E-state index in [1.807, 2.05) is 15.5 Å². The fraction of sp³-hybridized carbons (Fsp3) is 0.348. The number of imidazole rings is 1. The molecule has 1 aliphatic heterocycles. The quantitative estimate of drug-likeness (QED) is 0.703. The van der Waals surface area contributed by atoms with Gasteiger partial charge in [-0.1, -0.05) is 6.07 Å². The van der Waals surface area contributed by atoms with Gasteiger partial charge in [0, 0.05) is 30.9 Å². The number of nitrogens with one attached hydrogen (secondary N) is 1. The van der Waals surface area contributed by atoms with Crippen molar-refractivity contribution < 1.29 is 9.59 Å². The molecule has 3 heterocycles. The van der Waals surface area contributed by atoms with Crippen molar-refractivity contribution in [2.24, 2.45) is 0 Å². The Bertz CT molecular complexity index is 1210. The standard InChI is InChI=1S/C23H22N6O2/c24-13-15-5-4-6-16(11-15)21(30)27-23-26-19-12-17(22(31)28-9-2-1-3-10-28)14-25-20(19)29(23)18-7-8-18/h4-6,11-12,14,18H,1-3,7-10H2,(H,26,27,30). The van der Waals surface area contributed by atoms with Gasteiger partial charge in [-0.25, -0.2) is 9.97 Å². The van der Waals surface area contributed by atoms with Crippen LogP contribution in [-0.4, -0.2) is 44.3 Å². The first-order chi connectivity index (χ1) is 15.1. The molecule has 31 heavy (non-hydrogen) atoms. The highest BCUT2D eigenvalue weighted by molar-refractivity contribution is 6.04. The Balaban J connectivity index is 1.46. The number of pyridine rings is 1. The Morgan fingerprint density at radius 1 is 1.10 bits per heavy atom. The molecule has 1 N–H and O–H groups in total. The maximum absolute atomic E-state index is 12.9. The van der Waals surface area contributed by atoms with Crippen molar-refractivity contribution in [1.29, 1.82) is 5.26 Å². The fourth-order valence-electron chi connectivity index (χ4n) is 4.05. The van der Waals surface area contributed by atoms with E-state index < -0.39 is 0 Å². The van der Waals surface area contributed by atoms with E-state index in [9.17, 15) is 9.59 Å². The van der Waals surface area contributed by atoms with Gasteiger partial charge in [-0.05, 0) is 56.4 Å². The van der Waals surface area contributed by atoms with Crippen molar-refractivity contribution in [1.82, 2.24) is 19.4 Å². The van der Waals surface area contributed by atoms with Gasteiger partial charge in [0.05, 0.1) is 17.2 Å². The molecule has 2 aromatic heterocycles. The minimum Gasteiger partial charge on any atom is -0.339 e. The number of amides is 2. The number of fused-ring (bicyclic) bond motifs is 1. The maximum Gasteiger partial charge on any atom is 0.258 e. The van der Waals surface area contributed by atoms with Crippen LogP contribution < -0.4 is 5.32 Å². The summed E-state index contributed by atoms with van der Waals surface area (Å²) in [6.07, 6.45) is 6.82. The van der Waals surface area contributed by atoms with Crippen LogP contribution in [0.4, 0.5) is 5.95 Å². The minimum atomic E-state index is -0.334. The number of rotatable bonds is 4. The third-order valence-electron chi connectivity index (χ3n) is 5.81.